The minimum Gasteiger partial charge on any atom is -0.489 e. The van der Waals surface area contributed by atoms with Gasteiger partial charge in [-0.05, 0) is 47.9 Å². The van der Waals surface area contributed by atoms with Gasteiger partial charge in [-0.1, -0.05) is 60.1 Å². The van der Waals surface area contributed by atoms with Gasteiger partial charge < -0.3 is 4.74 Å². The Kier molecular flexibility index (Phi) is 5.29. The fourth-order valence-corrected chi connectivity index (χ4v) is 2.46. The number of rotatable bonds is 5. The van der Waals surface area contributed by atoms with Crippen LogP contribution in [0.2, 0.25) is 5.02 Å². The fourth-order valence-electron chi connectivity index (χ4n) is 2.29. The van der Waals surface area contributed by atoms with Crippen LogP contribution in [0.1, 0.15) is 16.7 Å². The molecule has 0 radical (unpaired) electrons. The van der Waals surface area contributed by atoms with E-state index in [9.17, 15) is 0 Å². The van der Waals surface area contributed by atoms with Gasteiger partial charge in [-0.3, -0.25) is 4.99 Å². The van der Waals surface area contributed by atoms with Crippen molar-refractivity contribution in [3.05, 3.63) is 94.5 Å². The van der Waals surface area contributed by atoms with Gasteiger partial charge in [-0.15, -0.1) is 0 Å². The van der Waals surface area contributed by atoms with E-state index in [4.69, 9.17) is 16.3 Å². The Hall–Kier alpha value is -2.58. The first-order valence-electron chi connectivity index (χ1n) is 7.78. The topological polar surface area (TPSA) is 21.6 Å². The van der Waals surface area contributed by atoms with E-state index >= 15 is 0 Å². The third-order valence-corrected chi connectivity index (χ3v) is 3.87. The van der Waals surface area contributed by atoms with Gasteiger partial charge in [0.05, 0.1) is 5.69 Å². The molecule has 0 aromatic heterocycles. The van der Waals surface area contributed by atoms with E-state index in [1.54, 1.807) is 0 Å². The van der Waals surface area contributed by atoms with Gasteiger partial charge in [-0.2, -0.15) is 0 Å². The Labute approximate surface area is 147 Å². The molecule has 0 aliphatic heterocycles. The van der Waals surface area contributed by atoms with Crippen LogP contribution in [0.3, 0.4) is 0 Å². The predicted octanol–water partition coefficient (Wildman–Crippen LogP) is 5.98. The van der Waals surface area contributed by atoms with E-state index in [1.807, 2.05) is 85.9 Å². The second kappa shape index (κ2) is 7.80. The third kappa shape index (κ3) is 4.46. The Balaban J connectivity index is 1.71. The van der Waals surface area contributed by atoms with Crippen LogP contribution < -0.4 is 4.74 Å². The number of ether oxygens (including phenoxy) is 1. The maximum Gasteiger partial charge on any atom is 0.120 e. The molecule has 0 saturated carbocycles. The average molecular weight is 336 g/mol. The monoisotopic (exact) mass is 335 g/mol. The first-order valence-corrected chi connectivity index (χ1v) is 8.15. The van der Waals surface area contributed by atoms with Crippen molar-refractivity contribution in [3.63, 3.8) is 0 Å². The summed E-state index contributed by atoms with van der Waals surface area (Å²) in [4.78, 5) is 4.53. The van der Waals surface area contributed by atoms with Crippen molar-refractivity contribution in [2.24, 2.45) is 4.99 Å². The molecule has 3 aromatic carbocycles. The number of benzene rings is 3. The second-order valence-corrected chi connectivity index (χ2v) is 5.97. The van der Waals surface area contributed by atoms with Gasteiger partial charge in [-0.25, -0.2) is 0 Å². The molecular weight excluding hydrogens is 318 g/mol. The lowest BCUT2D eigenvalue weighted by molar-refractivity contribution is 0.306. The summed E-state index contributed by atoms with van der Waals surface area (Å²) in [7, 11) is 0. The highest BCUT2D eigenvalue weighted by atomic mass is 35.5. The van der Waals surface area contributed by atoms with Crippen LogP contribution in [0.15, 0.2) is 77.8 Å². The van der Waals surface area contributed by atoms with Crippen molar-refractivity contribution in [1.82, 2.24) is 0 Å². The summed E-state index contributed by atoms with van der Waals surface area (Å²) in [5.41, 5.74) is 4.09. The molecule has 3 heteroatoms. The first kappa shape index (κ1) is 16.3. The molecule has 0 aliphatic rings. The van der Waals surface area contributed by atoms with Crippen molar-refractivity contribution in [1.29, 1.82) is 0 Å². The molecule has 0 heterocycles. The van der Waals surface area contributed by atoms with E-state index in [0.717, 1.165) is 28.1 Å². The van der Waals surface area contributed by atoms with Gasteiger partial charge in [0.1, 0.15) is 12.4 Å². The first-order chi connectivity index (χ1) is 11.7. The van der Waals surface area contributed by atoms with Crippen LogP contribution in [-0.2, 0) is 6.61 Å². The summed E-state index contributed by atoms with van der Waals surface area (Å²) in [6, 6.07) is 23.7. The van der Waals surface area contributed by atoms with Gasteiger partial charge in [0.25, 0.3) is 0 Å². The van der Waals surface area contributed by atoms with Crippen LogP contribution in [-0.4, -0.2) is 6.21 Å². The minimum atomic E-state index is 0.550. The predicted molar refractivity (Wildman–Crippen MR) is 101 cm³/mol. The molecule has 0 atom stereocenters. The van der Waals surface area contributed by atoms with E-state index in [-0.39, 0.29) is 0 Å². The maximum absolute atomic E-state index is 6.03. The van der Waals surface area contributed by atoms with Crippen LogP contribution >= 0.6 is 11.6 Å². The quantitative estimate of drug-likeness (QED) is 0.526. The lowest BCUT2D eigenvalue weighted by atomic mass is 10.2. The van der Waals surface area contributed by atoms with Gasteiger partial charge in [0.15, 0.2) is 0 Å². The van der Waals surface area contributed by atoms with Crippen LogP contribution in [0.4, 0.5) is 5.69 Å². The van der Waals surface area contributed by atoms with Crippen LogP contribution in [0, 0.1) is 6.92 Å². The molecule has 2 nitrogen and oxygen atoms in total. The number of aryl methyl sites for hydroxylation is 1. The van der Waals surface area contributed by atoms with Gasteiger partial charge >= 0.3 is 0 Å². The summed E-state index contributed by atoms with van der Waals surface area (Å²) in [5, 5.41) is 0.688. The third-order valence-electron chi connectivity index (χ3n) is 3.63. The van der Waals surface area contributed by atoms with Crippen molar-refractivity contribution < 1.29 is 4.74 Å². The van der Waals surface area contributed by atoms with E-state index < -0.39 is 0 Å². The zero-order chi connectivity index (χ0) is 16.8. The second-order valence-electron chi connectivity index (χ2n) is 5.54. The Morgan fingerprint density at radius 1 is 0.958 bits per heavy atom. The zero-order valence-electron chi connectivity index (χ0n) is 13.4. The molecule has 0 N–H and O–H groups in total. The highest BCUT2D eigenvalue weighted by Gasteiger charge is 1.99. The van der Waals surface area contributed by atoms with Gasteiger partial charge in [0, 0.05) is 11.2 Å². The largest absolute Gasteiger partial charge is 0.489 e. The molecule has 0 aliphatic carbocycles. The molecule has 3 rings (SSSR count). The maximum atomic E-state index is 6.03. The van der Waals surface area contributed by atoms with E-state index in [2.05, 4.69) is 4.99 Å². The number of nitrogens with zero attached hydrogens (tertiary/aromatic N) is 1. The van der Waals surface area contributed by atoms with Crippen LogP contribution in [0.5, 0.6) is 5.75 Å². The smallest absolute Gasteiger partial charge is 0.120 e. The van der Waals surface area contributed by atoms with E-state index in [0.29, 0.717) is 11.6 Å². The molecule has 0 spiro atoms. The van der Waals surface area contributed by atoms with Crippen molar-refractivity contribution in [3.8, 4) is 5.75 Å². The SMILES string of the molecule is Cc1ccc(Cl)cc1N=Cc1cccc(OCc2ccccc2)c1. The van der Waals surface area contributed by atoms with Crippen molar-refractivity contribution >= 4 is 23.5 Å². The van der Waals surface area contributed by atoms with E-state index in [1.165, 1.54) is 0 Å². The van der Waals surface area contributed by atoms with Gasteiger partial charge in [0.2, 0.25) is 0 Å². The Bertz CT molecular complexity index is 843. The average Bonchev–Trinajstić information content (AvgIpc) is 2.62. The van der Waals surface area contributed by atoms with Crippen molar-refractivity contribution in [2.45, 2.75) is 13.5 Å². The molecule has 0 saturated heterocycles. The lowest BCUT2D eigenvalue weighted by Gasteiger charge is -2.07. The molecule has 3 aromatic rings. The lowest BCUT2D eigenvalue weighted by Crippen LogP contribution is -1.95. The number of hydrogen-bond acceptors (Lipinski definition) is 2. The highest BCUT2D eigenvalue weighted by molar-refractivity contribution is 6.30. The Morgan fingerprint density at radius 3 is 2.62 bits per heavy atom. The summed E-state index contributed by atoms with van der Waals surface area (Å²) in [6.45, 7) is 2.57. The summed E-state index contributed by atoms with van der Waals surface area (Å²) in [5.74, 6) is 0.825. The summed E-state index contributed by atoms with van der Waals surface area (Å²) >= 11 is 6.03. The molecule has 24 heavy (non-hydrogen) atoms. The molecule has 0 fully saturated rings. The minimum absolute atomic E-state index is 0.550. The standard InChI is InChI=1S/C21H18ClNO/c1-16-10-11-19(22)13-21(16)23-14-18-8-5-9-20(12-18)24-15-17-6-3-2-4-7-17/h2-14H,15H2,1H3. The van der Waals surface area contributed by atoms with Crippen molar-refractivity contribution in [2.75, 3.05) is 0 Å². The summed E-state index contributed by atoms with van der Waals surface area (Å²) < 4.78 is 5.84. The molecular formula is C21H18ClNO. The molecule has 0 amide bonds. The molecule has 0 bridgehead atoms. The fraction of sp³-hybridized carbons (Fsp3) is 0.0952. The zero-order valence-corrected chi connectivity index (χ0v) is 14.2. The summed E-state index contributed by atoms with van der Waals surface area (Å²) in [6.07, 6.45) is 1.83. The van der Waals surface area contributed by atoms with Crippen LogP contribution in [0.25, 0.3) is 0 Å². The molecule has 0 unspecified atom stereocenters. The number of aliphatic imine (C=N–C) groups is 1. The normalized spacial score (nSPS) is 10.9. The highest BCUT2D eigenvalue weighted by Crippen LogP contribution is 2.23. The number of halogens is 1. The molecule has 120 valence electrons. The number of hydrogen-bond donors (Lipinski definition) is 0. The Morgan fingerprint density at radius 2 is 1.79 bits per heavy atom.